The quantitative estimate of drug-likeness (QED) is 0.277. The maximum absolute atomic E-state index is 11.6. The van der Waals surface area contributed by atoms with E-state index in [2.05, 4.69) is 14.0 Å². The van der Waals surface area contributed by atoms with Crippen LogP contribution >= 0.6 is 9.24 Å². The lowest BCUT2D eigenvalue weighted by atomic mass is 9.71. The van der Waals surface area contributed by atoms with E-state index in [-0.39, 0.29) is 12.3 Å². The zero-order valence-electron chi connectivity index (χ0n) is 8.10. The predicted octanol–water partition coefficient (Wildman–Crippen LogP) is -0.445. The molecule has 0 aromatic carbocycles. The number of rotatable bonds is 1. The summed E-state index contributed by atoms with van der Waals surface area (Å²) >= 11 is 0. The summed E-state index contributed by atoms with van der Waals surface area (Å²) in [5.74, 6) is -4.42. The molecule has 6 heteroatoms. The SMILES string of the molecule is O=C1OC(=O)C(P)(C2CCC2)CC1(O)O. The highest BCUT2D eigenvalue weighted by Crippen LogP contribution is 2.48. The third kappa shape index (κ3) is 1.59. The van der Waals surface area contributed by atoms with Gasteiger partial charge < -0.3 is 14.9 Å². The molecule has 1 heterocycles. The Morgan fingerprint density at radius 3 is 2.33 bits per heavy atom. The van der Waals surface area contributed by atoms with E-state index in [0.717, 1.165) is 19.3 Å². The first-order chi connectivity index (χ1) is 6.86. The summed E-state index contributed by atoms with van der Waals surface area (Å²) in [7, 11) is 2.33. The first-order valence-electron chi connectivity index (χ1n) is 4.86. The first-order valence-corrected chi connectivity index (χ1v) is 5.44. The predicted molar refractivity (Wildman–Crippen MR) is 52.7 cm³/mol. The van der Waals surface area contributed by atoms with Gasteiger partial charge in [0.1, 0.15) is 0 Å². The van der Waals surface area contributed by atoms with Gasteiger partial charge in [-0.2, -0.15) is 0 Å². The number of carbonyl (C=O) groups excluding carboxylic acids is 2. The Morgan fingerprint density at radius 2 is 1.87 bits per heavy atom. The molecule has 2 atom stereocenters. The fraction of sp³-hybridized carbons (Fsp3) is 0.778. The van der Waals surface area contributed by atoms with Gasteiger partial charge in [0.25, 0.3) is 5.79 Å². The van der Waals surface area contributed by atoms with Crippen molar-refractivity contribution < 1.29 is 24.5 Å². The van der Waals surface area contributed by atoms with E-state index in [1.807, 2.05) is 0 Å². The Kier molecular flexibility index (Phi) is 2.37. The number of carbonyl (C=O) groups is 2. The molecular formula is C9H13O5P. The number of esters is 2. The molecule has 0 aromatic heterocycles. The lowest BCUT2D eigenvalue weighted by Gasteiger charge is -2.45. The van der Waals surface area contributed by atoms with Crippen LogP contribution in [0, 0.1) is 5.92 Å². The van der Waals surface area contributed by atoms with Gasteiger partial charge in [-0.05, 0) is 18.8 Å². The lowest BCUT2D eigenvalue weighted by Crippen LogP contribution is -2.59. The molecule has 2 unspecified atom stereocenters. The van der Waals surface area contributed by atoms with Gasteiger partial charge in [-0.25, -0.2) is 4.79 Å². The summed E-state index contributed by atoms with van der Waals surface area (Å²) in [4.78, 5) is 22.6. The average Bonchev–Trinajstić information content (AvgIpc) is 1.96. The fourth-order valence-electron chi connectivity index (χ4n) is 2.05. The van der Waals surface area contributed by atoms with Crippen molar-refractivity contribution in [1.29, 1.82) is 0 Å². The van der Waals surface area contributed by atoms with E-state index < -0.39 is 22.9 Å². The van der Waals surface area contributed by atoms with E-state index in [0.29, 0.717) is 0 Å². The Bertz CT molecular complexity index is 322. The van der Waals surface area contributed by atoms with Crippen LogP contribution in [0.25, 0.3) is 0 Å². The molecule has 1 aliphatic carbocycles. The van der Waals surface area contributed by atoms with Crippen LogP contribution in [0.3, 0.4) is 0 Å². The van der Waals surface area contributed by atoms with Crippen molar-refractivity contribution in [3.8, 4) is 0 Å². The largest absolute Gasteiger partial charge is 0.388 e. The molecule has 0 spiro atoms. The Hall–Kier alpha value is -0.510. The summed E-state index contributed by atoms with van der Waals surface area (Å²) in [6.45, 7) is 0. The number of hydrogen-bond donors (Lipinski definition) is 2. The molecule has 1 saturated carbocycles. The minimum absolute atomic E-state index is 0.0572. The molecular weight excluding hydrogens is 219 g/mol. The van der Waals surface area contributed by atoms with Crippen molar-refractivity contribution in [2.75, 3.05) is 0 Å². The number of hydrogen-bond acceptors (Lipinski definition) is 5. The van der Waals surface area contributed by atoms with Gasteiger partial charge in [0.05, 0.1) is 5.16 Å². The highest BCUT2D eigenvalue weighted by atomic mass is 31.0. The maximum atomic E-state index is 11.6. The second-order valence-corrected chi connectivity index (χ2v) is 5.37. The van der Waals surface area contributed by atoms with Crippen LogP contribution in [0.2, 0.25) is 0 Å². The molecule has 1 aliphatic heterocycles. The lowest BCUT2D eigenvalue weighted by molar-refractivity contribution is -0.229. The zero-order chi connectivity index (χ0) is 11.3. The second kappa shape index (κ2) is 3.24. The summed E-state index contributed by atoms with van der Waals surface area (Å²) in [5.41, 5.74) is 0. The minimum atomic E-state index is -2.54. The molecule has 1 saturated heterocycles. The van der Waals surface area contributed by atoms with E-state index in [4.69, 9.17) is 0 Å². The monoisotopic (exact) mass is 232 g/mol. The van der Waals surface area contributed by atoms with Crippen LogP contribution < -0.4 is 0 Å². The van der Waals surface area contributed by atoms with E-state index >= 15 is 0 Å². The molecule has 0 bridgehead atoms. The molecule has 15 heavy (non-hydrogen) atoms. The molecule has 2 aliphatic rings. The molecule has 0 radical (unpaired) electrons. The van der Waals surface area contributed by atoms with Crippen molar-refractivity contribution in [3.63, 3.8) is 0 Å². The minimum Gasteiger partial charge on any atom is -0.388 e. The molecule has 5 nitrogen and oxygen atoms in total. The standard InChI is InChI=1S/C9H13O5P/c10-6-8(15,5-2-1-3-5)4-9(12,13)7(11)14-6/h5,12-13H,1-4,15H2. The van der Waals surface area contributed by atoms with E-state index in [9.17, 15) is 19.8 Å². The third-order valence-corrected chi connectivity index (χ3v) is 4.18. The fourth-order valence-corrected chi connectivity index (χ4v) is 2.72. The third-order valence-electron chi connectivity index (χ3n) is 3.27. The van der Waals surface area contributed by atoms with Gasteiger partial charge in [-0.3, -0.25) is 4.79 Å². The van der Waals surface area contributed by atoms with Crippen molar-refractivity contribution in [2.24, 2.45) is 5.92 Å². The van der Waals surface area contributed by atoms with Gasteiger partial charge >= 0.3 is 11.9 Å². The van der Waals surface area contributed by atoms with Gasteiger partial charge in [-0.15, -0.1) is 9.24 Å². The van der Waals surface area contributed by atoms with Gasteiger partial charge in [0.15, 0.2) is 0 Å². The summed E-state index contributed by atoms with van der Waals surface area (Å²) in [6.07, 6.45) is 2.42. The summed E-state index contributed by atoms with van der Waals surface area (Å²) in [6, 6.07) is 0. The van der Waals surface area contributed by atoms with Crippen LogP contribution in [0.15, 0.2) is 0 Å². The number of aliphatic hydroxyl groups is 2. The first kappa shape index (κ1) is 11.0. The molecule has 2 rings (SSSR count). The van der Waals surface area contributed by atoms with Crippen molar-refractivity contribution in [3.05, 3.63) is 0 Å². The summed E-state index contributed by atoms with van der Waals surface area (Å²) < 4.78 is 4.38. The van der Waals surface area contributed by atoms with Crippen molar-refractivity contribution >= 4 is 21.2 Å². The van der Waals surface area contributed by atoms with Gasteiger partial charge in [-0.1, -0.05) is 6.42 Å². The highest BCUT2D eigenvalue weighted by Gasteiger charge is 2.58. The topological polar surface area (TPSA) is 83.8 Å². The normalized spacial score (nSPS) is 35.9. The van der Waals surface area contributed by atoms with Crippen molar-refractivity contribution in [1.82, 2.24) is 0 Å². The zero-order valence-corrected chi connectivity index (χ0v) is 9.26. The van der Waals surface area contributed by atoms with Crippen LogP contribution in [-0.2, 0) is 14.3 Å². The van der Waals surface area contributed by atoms with Crippen LogP contribution in [0.5, 0.6) is 0 Å². The van der Waals surface area contributed by atoms with Gasteiger partial charge in [0, 0.05) is 6.42 Å². The average molecular weight is 232 g/mol. The van der Waals surface area contributed by atoms with Crippen LogP contribution in [-0.4, -0.2) is 33.1 Å². The van der Waals surface area contributed by atoms with Crippen molar-refractivity contribution in [2.45, 2.75) is 36.6 Å². The maximum Gasteiger partial charge on any atom is 0.374 e. The Balaban J connectivity index is 2.24. The molecule has 0 amide bonds. The van der Waals surface area contributed by atoms with E-state index in [1.165, 1.54) is 0 Å². The molecule has 84 valence electrons. The summed E-state index contributed by atoms with van der Waals surface area (Å²) in [5, 5.41) is 17.7. The highest BCUT2D eigenvalue weighted by molar-refractivity contribution is 7.21. The molecule has 2 fully saturated rings. The second-order valence-electron chi connectivity index (χ2n) is 4.34. The van der Waals surface area contributed by atoms with Crippen LogP contribution in [0.4, 0.5) is 0 Å². The molecule has 0 aromatic rings. The van der Waals surface area contributed by atoms with Gasteiger partial charge in [0.2, 0.25) is 0 Å². The number of cyclic esters (lactones) is 2. The Labute approximate surface area is 89.0 Å². The number of ether oxygens (including phenoxy) is 1. The smallest absolute Gasteiger partial charge is 0.374 e. The Morgan fingerprint density at radius 1 is 1.27 bits per heavy atom. The van der Waals surface area contributed by atoms with E-state index in [1.54, 1.807) is 0 Å². The molecule has 2 N–H and O–H groups in total. The van der Waals surface area contributed by atoms with Crippen LogP contribution in [0.1, 0.15) is 25.7 Å².